The van der Waals surface area contributed by atoms with Gasteiger partial charge in [0.15, 0.2) is 0 Å². The maximum atomic E-state index is 10.5. The van der Waals surface area contributed by atoms with Gasteiger partial charge in [-0.25, -0.2) is 0 Å². The SMILES string of the molecule is Cc1ccc(CC(O)C2C3C4CCC(C4)C23)c(Cl)c1. The van der Waals surface area contributed by atoms with Gasteiger partial charge in [-0.3, -0.25) is 0 Å². The Morgan fingerprint density at radius 1 is 1.26 bits per heavy atom. The van der Waals surface area contributed by atoms with Gasteiger partial charge in [0.05, 0.1) is 6.10 Å². The minimum atomic E-state index is -0.182. The molecule has 3 aliphatic rings. The van der Waals surface area contributed by atoms with E-state index in [1.54, 1.807) is 0 Å². The van der Waals surface area contributed by atoms with Crippen molar-refractivity contribution in [3.8, 4) is 0 Å². The molecule has 0 aliphatic heterocycles. The number of aliphatic hydroxyl groups excluding tert-OH is 1. The predicted molar refractivity (Wildman–Crippen MR) is 77.2 cm³/mol. The molecule has 0 aromatic heterocycles. The molecule has 0 amide bonds. The van der Waals surface area contributed by atoms with Gasteiger partial charge < -0.3 is 5.11 Å². The van der Waals surface area contributed by atoms with Gasteiger partial charge in [-0.15, -0.1) is 0 Å². The number of benzene rings is 1. The lowest BCUT2D eigenvalue weighted by Gasteiger charge is -2.16. The van der Waals surface area contributed by atoms with Crippen molar-refractivity contribution in [2.24, 2.45) is 29.6 Å². The number of hydrogen-bond acceptors (Lipinski definition) is 1. The third-order valence-corrected chi connectivity index (χ3v) is 6.23. The van der Waals surface area contributed by atoms with Crippen molar-refractivity contribution in [2.75, 3.05) is 0 Å². The van der Waals surface area contributed by atoms with Gasteiger partial charge in [0, 0.05) is 11.4 Å². The monoisotopic (exact) mass is 276 g/mol. The largest absolute Gasteiger partial charge is 0.392 e. The molecule has 3 fully saturated rings. The highest BCUT2D eigenvalue weighted by atomic mass is 35.5. The zero-order valence-corrected chi connectivity index (χ0v) is 12.1. The Labute approximate surface area is 120 Å². The summed E-state index contributed by atoms with van der Waals surface area (Å²) in [5.41, 5.74) is 2.29. The second kappa shape index (κ2) is 4.23. The average molecular weight is 277 g/mol. The maximum Gasteiger partial charge on any atom is 0.0614 e. The normalized spacial score (nSPS) is 40.3. The summed E-state index contributed by atoms with van der Waals surface area (Å²) in [6.07, 6.45) is 4.83. The highest BCUT2D eigenvalue weighted by molar-refractivity contribution is 6.31. The number of halogens is 1. The molecule has 1 aromatic carbocycles. The van der Waals surface area contributed by atoms with Crippen LogP contribution in [0.3, 0.4) is 0 Å². The summed E-state index contributed by atoms with van der Waals surface area (Å²) < 4.78 is 0. The van der Waals surface area contributed by atoms with Crippen molar-refractivity contribution >= 4 is 11.6 Å². The van der Waals surface area contributed by atoms with E-state index in [-0.39, 0.29) is 6.10 Å². The van der Waals surface area contributed by atoms with Crippen LogP contribution in [0, 0.1) is 36.5 Å². The lowest BCUT2D eigenvalue weighted by molar-refractivity contribution is 0.129. The molecular formula is C17H21ClO. The van der Waals surface area contributed by atoms with E-state index in [9.17, 15) is 5.11 Å². The minimum absolute atomic E-state index is 0.182. The zero-order chi connectivity index (χ0) is 13.1. The Balaban J connectivity index is 1.47. The molecule has 3 saturated carbocycles. The maximum absolute atomic E-state index is 10.5. The molecule has 1 aromatic rings. The molecule has 2 bridgehead atoms. The first-order valence-corrected chi connectivity index (χ1v) is 7.96. The van der Waals surface area contributed by atoms with Gasteiger partial charge in [-0.05, 0) is 73.0 Å². The fraction of sp³-hybridized carbons (Fsp3) is 0.647. The molecule has 1 N–H and O–H groups in total. The van der Waals surface area contributed by atoms with E-state index in [4.69, 9.17) is 11.6 Å². The van der Waals surface area contributed by atoms with Gasteiger partial charge in [0.1, 0.15) is 0 Å². The van der Waals surface area contributed by atoms with Crippen LogP contribution in [0.2, 0.25) is 5.02 Å². The first kappa shape index (κ1) is 12.2. The van der Waals surface area contributed by atoms with Crippen molar-refractivity contribution in [1.29, 1.82) is 0 Å². The van der Waals surface area contributed by atoms with E-state index in [1.807, 2.05) is 6.07 Å². The Morgan fingerprint density at radius 3 is 2.58 bits per heavy atom. The van der Waals surface area contributed by atoms with Crippen molar-refractivity contribution in [2.45, 2.75) is 38.7 Å². The van der Waals surface area contributed by atoms with E-state index in [1.165, 1.54) is 24.8 Å². The van der Waals surface area contributed by atoms with Crippen LogP contribution in [0.4, 0.5) is 0 Å². The summed E-state index contributed by atoms with van der Waals surface area (Å²) in [7, 11) is 0. The van der Waals surface area contributed by atoms with Gasteiger partial charge in [-0.2, -0.15) is 0 Å². The number of hydrogen-bond donors (Lipinski definition) is 1. The van der Waals surface area contributed by atoms with Crippen LogP contribution in [-0.4, -0.2) is 11.2 Å². The molecule has 0 heterocycles. The van der Waals surface area contributed by atoms with E-state index in [0.29, 0.717) is 5.92 Å². The van der Waals surface area contributed by atoms with Crippen LogP contribution in [0.5, 0.6) is 0 Å². The van der Waals surface area contributed by atoms with Crippen LogP contribution in [-0.2, 0) is 6.42 Å². The van der Waals surface area contributed by atoms with E-state index in [2.05, 4.69) is 19.1 Å². The smallest absolute Gasteiger partial charge is 0.0614 e. The lowest BCUT2D eigenvalue weighted by atomic mass is 9.95. The van der Waals surface area contributed by atoms with Crippen LogP contribution in [0.25, 0.3) is 0 Å². The summed E-state index contributed by atoms with van der Waals surface area (Å²) in [6, 6.07) is 6.17. The quantitative estimate of drug-likeness (QED) is 0.889. The summed E-state index contributed by atoms with van der Waals surface area (Å²) in [5.74, 6) is 4.13. The summed E-state index contributed by atoms with van der Waals surface area (Å²) in [6.45, 7) is 2.05. The molecule has 0 saturated heterocycles. The van der Waals surface area contributed by atoms with Crippen LogP contribution in [0.1, 0.15) is 30.4 Å². The minimum Gasteiger partial charge on any atom is -0.392 e. The third kappa shape index (κ3) is 1.86. The van der Waals surface area contributed by atoms with Crippen LogP contribution >= 0.6 is 11.6 Å². The van der Waals surface area contributed by atoms with Crippen molar-refractivity contribution in [1.82, 2.24) is 0 Å². The lowest BCUT2D eigenvalue weighted by Crippen LogP contribution is -2.18. The molecular weight excluding hydrogens is 256 g/mol. The topological polar surface area (TPSA) is 20.2 Å². The van der Waals surface area contributed by atoms with Gasteiger partial charge >= 0.3 is 0 Å². The summed E-state index contributed by atoms with van der Waals surface area (Å²) in [4.78, 5) is 0. The number of fused-ring (bicyclic) bond motifs is 5. The highest BCUT2D eigenvalue weighted by Crippen LogP contribution is 2.70. The van der Waals surface area contributed by atoms with Gasteiger partial charge in [0.2, 0.25) is 0 Å². The third-order valence-electron chi connectivity index (χ3n) is 5.88. The Morgan fingerprint density at radius 2 is 1.95 bits per heavy atom. The molecule has 4 rings (SSSR count). The molecule has 0 radical (unpaired) electrons. The molecule has 5 atom stereocenters. The van der Waals surface area contributed by atoms with Crippen molar-refractivity contribution in [3.05, 3.63) is 34.3 Å². The van der Waals surface area contributed by atoms with Gasteiger partial charge in [-0.1, -0.05) is 23.7 Å². The summed E-state index contributed by atoms with van der Waals surface area (Å²) in [5, 5.41) is 11.4. The second-order valence-electron chi connectivity index (χ2n) is 6.93. The summed E-state index contributed by atoms with van der Waals surface area (Å²) >= 11 is 6.28. The average Bonchev–Trinajstić information content (AvgIpc) is 2.82. The van der Waals surface area contributed by atoms with E-state index in [0.717, 1.165) is 40.7 Å². The molecule has 5 unspecified atom stereocenters. The molecule has 1 nitrogen and oxygen atoms in total. The molecule has 2 heteroatoms. The standard InChI is InChI=1S/C17H21ClO/c1-9-2-3-10(13(18)6-9)8-14(19)17-15-11-4-5-12(7-11)16(15)17/h2-3,6,11-12,14-17,19H,4-5,7-8H2,1H3. The predicted octanol–water partition coefficient (Wildman–Crippen LogP) is 3.84. The van der Waals surface area contributed by atoms with Crippen molar-refractivity contribution < 1.29 is 5.11 Å². The first-order valence-electron chi connectivity index (χ1n) is 7.58. The Hall–Kier alpha value is -0.530. The molecule has 19 heavy (non-hydrogen) atoms. The fourth-order valence-electron chi connectivity index (χ4n) is 5.09. The zero-order valence-electron chi connectivity index (χ0n) is 11.3. The molecule has 102 valence electrons. The molecule has 3 aliphatic carbocycles. The van der Waals surface area contributed by atoms with Crippen molar-refractivity contribution in [3.63, 3.8) is 0 Å². The highest BCUT2D eigenvalue weighted by Gasteiger charge is 2.66. The first-order chi connectivity index (χ1) is 9.15. The second-order valence-corrected chi connectivity index (χ2v) is 7.34. The number of aryl methyl sites for hydroxylation is 1. The number of rotatable bonds is 3. The van der Waals surface area contributed by atoms with E-state index >= 15 is 0 Å². The molecule has 0 spiro atoms. The Kier molecular flexibility index (Phi) is 2.72. The number of aliphatic hydroxyl groups is 1. The van der Waals surface area contributed by atoms with Crippen LogP contribution < -0.4 is 0 Å². The van der Waals surface area contributed by atoms with Gasteiger partial charge in [0.25, 0.3) is 0 Å². The fourth-order valence-corrected chi connectivity index (χ4v) is 5.40. The Bertz CT molecular complexity index is 496. The van der Waals surface area contributed by atoms with Crippen LogP contribution in [0.15, 0.2) is 18.2 Å². The van der Waals surface area contributed by atoms with E-state index < -0.39 is 0 Å².